The molecule has 2 aliphatic heterocycles. The monoisotopic (exact) mass is 360 g/mol. The standard InChI is InChI=1S/C14H15F3N4O4/c15-14(16,17)8-5-9-11(18-6-8)20-2-1-19(13(24)25)7-10(20)12(23)21(9)3-4-22/h5-6,10,22H,1-4,7H2,(H,24,25)/t10-/m0/s1. The summed E-state index contributed by atoms with van der Waals surface area (Å²) in [6.45, 7) is -0.510. The largest absolute Gasteiger partial charge is 0.465 e. The maximum atomic E-state index is 13.0. The average Bonchev–Trinajstić information content (AvgIpc) is 2.56. The third kappa shape index (κ3) is 2.95. The number of β-amino-alcohol motifs (C(OH)–C–C–N with tert-alkyl or cyclic N) is 1. The molecule has 11 heteroatoms. The number of fused-ring (bicyclic) bond motifs is 3. The molecule has 1 saturated heterocycles. The molecule has 8 nitrogen and oxygen atoms in total. The summed E-state index contributed by atoms with van der Waals surface area (Å²) in [5, 5.41) is 18.3. The molecule has 0 aliphatic carbocycles. The molecule has 136 valence electrons. The number of amides is 2. The van der Waals surface area contributed by atoms with Crippen LogP contribution in [0, 0.1) is 0 Å². The van der Waals surface area contributed by atoms with Crippen molar-refractivity contribution in [3.63, 3.8) is 0 Å². The van der Waals surface area contributed by atoms with Crippen molar-refractivity contribution in [2.24, 2.45) is 0 Å². The summed E-state index contributed by atoms with van der Waals surface area (Å²) >= 11 is 0. The van der Waals surface area contributed by atoms with Gasteiger partial charge in [-0.3, -0.25) is 4.79 Å². The number of pyridine rings is 1. The minimum atomic E-state index is -4.62. The van der Waals surface area contributed by atoms with Crippen LogP contribution in [0.2, 0.25) is 0 Å². The van der Waals surface area contributed by atoms with E-state index in [-0.39, 0.29) is 37.7 Å². The Bertz CT molecular complexity index is 712. The number of aliphatic hydroxyl groups excluding tert-OH is 1. The SMILES string of the molecule is O=C(O)N1CCN2c3ncc(C(F)(F)F)cc3N(CCO)C(=O)[C@@H]2C1. The Labute approximate surface area is 140 Å². The smallest absolute Gasteiger partial charge is 0.417 e. The van der Waals surface area contributed by atoms with Gasteiger partial charge in [-0.1, -0.05) is 0 Å². The zero-order valence-electron chi connectivity index (χ0n) is 12.9. The molecule has 0 aromatic carbocycles. The molecule has 25 heavy (non-hydrogen) atoms. The predicted molar refractivity (Wildman–Crippen MR) is 79.4 cm³/mol. The number of carbonyl (C=O) groups is 2. The molecular weight excluding hydrogens is 345 g/mol. The first-order valence-electron chi connectivity index (χ1n) is 7.48. The normalized spacial score (nSPS) is 20.4. The Kier molecular flexibility index (Phi) is 4.19. The maximum absolute atomic E-state index is 13.0. The van der Waals surface area contributed by atoms with Crippen LogP contribution >= 0.6 is 0 Å². The van der Waals surface area contributed by atoms with E-state index < -0.39 is 36.4 Å². The van der Waals surface area contributed by atoms with Crippen molar-refractivity contribution in [3.8, 4) is 0 Å². The Morgan fingerprint density at radius 1 is 1.36 bits per heavy atom. The third-order valence-corrected chi connectivity index (χ3v) is 4.26. The number of hydrogen-bond donors (Lipinski definition) is 2. The molecule has 3 heterocycles. The van der Waals surface area contributed by atoms with Crippen molar-refractivity contribution in [1.29, 1.82) is 0 Å². The molecule has 1 aromatic heterocycles. The lowest BCUT2D eigenvalue weighted by atomic mass is 10.0. The molecule has 0 radical (unpaired) electrons. The van der Waals surface area contributed by atoms with E-state index in [2.05, 4.69) is 4.98 Å². The molecule has 1 aromatic rings. The molecule has 1 fully saturated rings. The minimum Gasteiger partial charge on any atom is -0.465 e. The van der Waals surface area contributed by atoms with Gasteiger partial charge >= 0.3 is 12.3 Å². The first-order valence-corrected chi connectivity index (χ1v) is 7.48. The van der Waals surface area contributed by atoms with Gasteiger partial charge in [-0.15, -0.1) is 0 Å². The van der Waals surface area contributed by atoms with Crippen LogP contribution in [0.3, 0.4) is 0 Å². The average molecular weight is 360 g/mol. The van der Waals surface area contributed by atoms with E-state index in [0.717, 1.165) is 15.9 Å². The molecule has 2 amide bonds. The fraction of sp³-hybridized carbons (Fsp3) is 0.500. The second kappa shape index (κ2) is 6.06. The fourth-order valence-electron chi connectivity index (χ4n) is 3.07. The highest BCUT2D eigenvalue weighted by Gasteiger charge is 2.44. The van der Waals surface area contributed by atoms with Crippen LogP contribution in [0.1, 0.15) is 5.56 Å². The van der Waals surface area contributed by atoms with Gasteiger partial charge in [0.15, 0.2) is 5.82 Å². The van der Waals surface area contributed by atoms with Gasteiger partial charge in [0.2, 0.25) is 0 Å². The second-order valence-corrected chi connectivity index (χ2v) is 5.72. The fourth-order valence-corrected chi connectivity index (χ4v) is 3.07. The van der Waals surface area contributed by atoms with Gasteiger partial charge in [0.05, 0.1) is 24.4 Å². The lowest BCUT2D eigenvalue weighted by Crippen LogP contribution is -2.64. The number of hydrogen-bond acceptors (Lipinski definition) is 5. The summed E-state index contributed by atoms with van der Waals surface area (Å²) in [5.74, 6) is -0.385. The summed E-state index contributed by atoms with van der Waals surface area (Å²) in [7, 11) is 0. The number of carbonyl (C=O) groups excluding carboxylic acids is 1. The third-order valence-electron chi connectivity index (χ3n) is 4.26. The van der Waals surface area contributed by atoms with Crippen LogP contribution in [-0.4, -0.2) is 70.9 Å². The minimum absolute atomic E-state index is 0.0334. The lowest BCUT2D eigenvalue weighted by Gasteiger charge is -2.46. The molecule has 3 rings (SSSR count). The molecule has 1 atom stereocenters. The summed E-state index contributed by atoms with van der Waals surface area (Å²) in [6.07, 6.45) is -5.10. The van der Waals surface area contributed by atoms with Crippen LogP contribution < -0.4 is 9.80 Å². The molecule has 2 N–H and O–H groups in total. The van der Waals surface area contributed by atoms with Gasteiger partial charge in [0, 0.05) is 25.8 Å². The number of anilines is 2. The second-order valence-electron chi connectivity index (χ2n) is 5.72. The Morgan fingerprint density at radius 2 is 2.08 bits per heavy atom. The molecule has 0 unspecified atom stereocenters. The van der Waals surface area contributed by atoms with Crippen molar-refractivity contribution < 1.29 is 33.0 Å². The highest BCUT2D eigenvalue weighted by Crippen LogP contribution is 2.39. The first-order chi connectivity index (χ1) is 11.7. The highest BCUT2D eigenvalue weighted by atomic mass is 19.4. The Morgan fingerprint density at radius 3 is 2.68 bits per heavy atom. The van der Waals surface area contributed by atoms with Gasteiger partial charge < -0.3 is 24.9 Å². The zero-order valence-corrected chi connectivity index (χ0v) is 12.9. The number of alkyl halides is 3. The summed E-state index contributed by atoms with van der Waals surface area (Å²) in [4.78, 5) is 31.3. The van der Waals surface area contributed by atoms with Gasteiger partial charge in [0.25, 0.3) is 5.91 Å². The quantitative estimate of drug-likeness (QED) is 0.802. The van der Waals surface area contributed by atoms with Crippen molar-refractivity contribution in [2.45, 2.75) is 12.2 Å². The first kappa shape index (κ1) is 17.3. The van der Waals surface area contributed by atoms with Crippen LogP contribution in [0.5, 0.6) is 0 Å². The summed E-state index contributed by atoms with van der Waals surface area (Å²) < 4.78 is 38.9. The van der Waals surface area contributed by atoms with Gasteiger partial charge in [-0.2, -0.15) is 13.2 Å². The van der Waals surface area contributed by atoms with Gasteiger partial charge in [0.1, 0.15) is 6.04 Å². The number of halogens is 3. The van der Waals surface area contributed by atoms with Crippen molar-refractivity contribution >= 4 is 23.5 Å². The van der Waals surface area contributed by atoms with E-state index in [4.69, 9.17) is 5.11 Å². The van der Waals surface area contributed by atoms with Gasteiger partial charge in [-0.25, -0.2) is 9.78 Å². The van der Waals surface area contributed by atoms with E-state index >= 15 is 0 Å². The van der Waals surface area contributed by atoms with E-state index in [1.807, 2.05) is 0 Å². The topological polar surface area (TPSA) is 97.2 Å². The maximum Gasteiger partial charge on any atom is 0.417 e. The Balaban J connectivity index is 2.05. The van der Waals surface area contributed by atoms with Crippen molar-refractivity contribution in [3.05, 3.63) is 17.8 Å². The summed E-state index contributed by atoms with van der Waals surface area (Å²) in [5.41, 5.74) is -1.03. The number of nitrogens with zero attached hydrogens (tertiary/aromatic N) is 4. The van der Waals surface area contributed by atoms with Crippen LogP contribution in [-0.2, 0) is 11.0 Å². The number of rotatable bonds is 2. The van der Waals surface area contributed by atoms with Crippen LogP contribution in [0.15, 0.2) is 12.3 Å². The molecule has 0 bridgehead atoms. The van der Waals surface area contributed by atoms with Crippen molar-refractivity contribution in [1.82, 2.24) is 9.88 Å². The zero-order chi connectivity index (χ0) is 18.4. The van der Waals surface area contributed by atoms with Crippen LogP contribution in [0.25, 0.3) is 0 Å². The number of aromatic nitrogens is 1. The van der Waals surface area contributed by atoms with Crippen molar-refractivity contribution in [2.75, 3.05) is 42.6 Å². The lowest BCUT2D eigenvalue weighted by molar-refractivity contribution is -0.138. The van der Waals surface area contributed by atoms with E-state index in [0.29, 0.717) is 6.20 Å². The summed E-state index contributed by atoms with van der Waals surface area (Å²) in [6, 6.07) is -0.0523. The molecular formula is C14H15F3N4O4. The Hall–Kier alpha value is -2.56. The van der Waals surface area contributed by atoms with E-state index in [1.165, 1.54) is 4.90 Å². The number of piperazine rings is 1. The molecule has 2 aliphatic rings. The molecule has 0 saturated carbocycles. The predicted octanol–water partition coefficient (Wildman–Crippen LogP) is 0.608. The highest BCUT2D eigenvalue weighted by molar-refractivity contribution is 6.05. The van der Waals surface area contributed by atoms with E-state index in [1.54, 1.807) is 0 Å². The van der Waals surface area contributed by atoms with Gasteiger partial charge in [-0.05, 0) is 6.07 Å². The number of aliphatic hydroxyl groups is 1. The molecule has 0 spiro atoms. The van der Waals surface area contributed by atoms with Crippen LogP contribution in [0.4, 0.5) is 29.5 Å². The van der Waals surface area contributed by atoms with E-state index in [9.17, 15) is 27.9 Å². The number of carboxylic acid groups (broad SMARTS) is 1.